The van der Waals surface area contributed by atoms with Crippen molar-refractivity contribution in [2.45, 2.75) is 88.8 Å². The van der Waals surface area contributed by atoms with Crippen molar-refractivity contribution in [3.8, 4) is 17.5 Å². The molecule has 4 aliphatic rings. The van der Waals surface area contributed by atoms with Crippen molar-refractivity contribution < 1.29 is 19.1 Å². The van der Waals surface area contributed by atoms with Gasteiger partial charge in [0.05, 0.1) is 18.2 Å². The largest absolute Gasteiger partial charge is 0.444 e. The van der Waals surface area contributed by atoms with E-state index in [2.05, 4.69) is 32.0 Å². The van der Waals surface area contributed by atoms with Gasteiger partial charge in [-0.05, 0) is 63.7 Å². The highest BCUT2D eigenvalue weighted by atomic mass is 16.6. The Morgan fingerprint density at radius 1 is 1.22 bits per heavy atom. The van der Waals surface area contributed by atoms with Crippen molar-refractivity contribution in [1.82, 2.24) is 40.6 Å². The van der Waals surface area contributed by atoms with E-state index in [0.29, 0.717) is 31.1 Å². The van der Waals surface area contributed by atoms with E-state index in [1.807, 2.05) is 41.0 Å². The number of hydrogen-bond acceptors (Lipinski definition) is 9. The van der Waals surface area contributed by atoms with Crippen LogP contribution in [0.25, 0.3) is 11.4 Å². The molecule has 6 rings (SSSR count). The lowest BCUT2D eigenvalue weighted by molar-refractivity contribution is -0.141. The van der Waals surface area contributed by atoms with Gasteiger partial charge >= 0.3 is 6.09 Å². The number of tetrazole rings is 1. The van der Waals surface area contributed by atoms with E-state index >= 15 is 0 Å². The lowest BCUT2D eigenvalue weighted by atomic mass is 10.0. The van der Waals surface area contributed by atoms with Crippen molar-refractivity contribution in [2.24, 2.45) is 5.92 Å². The van der Waals surface area contributed by atoms with E-state index in [-0.39, 0.29) is 42.5 Å². The zero-order chi connectivity index (χ0) is 29.1. The number of amides is 3. The SMILES string of the molecule is C[C@@H](c1ccc(-c2nn[nH]n2)cc1)N1C(=O)[C@H]2C[C@@H]1CN2C[C@H](NC(=O)OC(C)(C)C)C(=O)N1[C@H](C#N)C[C@@H]2C[C@@H]21. The number of piperidine rings is 1. The average molecular weight is 562 g/mol. The van der Waals surface area contributed by atoms with Gasteiger partial charge < -0.3 is 19.9 Å². The molecule has 1 aromatic carbocycles. The minimum absolute atomic E-state index is 0.0110. The highest BCUT2D eigenvalue weighted by molar-refractivity contribution is 5.89. The number of carbonyl (C=O) groups is 3. The summed E-state index contributed by atoms with van der Waals surface area (Å²) in [4.78, 5) is 45.7. The van der Waals surface area contributed by atoms with Gasteiger partial charge in [0.1, 0.15) is 17.7 Å². The van der Waals surface area contributed by atoms with Crippen LogP contribution in [0.3, 0.4) is 0 Å². The molecule has 3 saturated heterocycles. The van der Waals surface area contributed by atoms with Crippen LogP contribution in [0.1, 0.15) is 58.6 Å². The van der Waals surface area contributed by atoms with E-state index in [1.54, 1.807) is 25.7 Å². The highest BCUT2D eigenvalue weighted by Gasteiger charge is 2.56. The van der Waals surface area contributed by atoms with Crippen molar-refractivity contribution in [3.05, 3.63) is 29.8 Å². The van der Waals surface area contributed by atoms with Crippen molar-refractivity contribution >= 4 is 17.9 Å². The average Bonchev–Trinajstić information content (AvgIpc) is 3.36. The normalized spacial score (nSPS) is 28.3. The number of nitrogens with one attached hydrogen (secondary N) is 2. The molecule has 3 aliphatic heterocycles. The molecule has 13 heteroatoms. The second-order valence-corrected chi connectivity index (χ2v) is 12.5. The number of carbonyl (C=O) groups excluding carboxylic acids is 3. The van der Waals surface area contributed by atoms with Crippen LogP contribution in [0.4, 0.5) is 4.79 Å². The third kappa shape index (κ3) is 5.12. The van der Waals surface area contributed by atoms with Gasteiger partial charge in [-0.1, -0.05) is 24.3 Å². The molecule has 1 aromatic heterocycles. The summed E-state index contributed by atoms with van der Waals surface area (Å²) >= 11 is 0. The Kier molecular flexibility index (Phi) is 6.68. The number of fused-ring (bicyclic) bond motifs is 3. The maximum atomic E-state index is 13.8. The van der Waals surface area contributed by atoms with Gasteiger partial charge in [0, 0.05) is 30.7 Å². The third-order valence-corrected chi connectivity index (χ3v) is 8.64. The maximum Gasteiger partial charge on any atom is 0.408 e. The van der Waals surface area contributed by atoms with E-state index in [9.17, 15) is 19.6 Å². The first-order valence-electron chi connectivity index (χ1n) is 14.2. The Balaban J connectivity index is 1.15. The molecule has 7 atom stereocenters. The van der Waals surface area contributed by atoms with Crippen LogP contribution in [-0.2, 0) is 14.3 Å². The number of H-pyrrole nitrogens is 1. The van der Waals surface area contributed by atoms with Crippen LogP contribution in [0.2, 0.25) is 0 Å². The Labute approximate surface area is 238 Å². The summed E-state index contributed by atoms with van der Waals surface area (Å²) in [6.45, 7) is 8.07. The first kappa shape index (κ1) is 27.1. The number of hydrogen-bond donors (Lipinski definition) is 2. The molecule has 216 valence electrons. The summed E-state index contributed by atoms with van der Waals surface area (Å²) in [5.74, 6) is 0.589. The van der Waals surface area contributed by atoms with Crippen LogP contribution in [0.15, 0.2) is 24.3 Å². The minimum Gasteiger partial charge on any atom is -0.444 e. The summed E-state index contributed by atoms with van der Waals surface area (Å²) in [7, 11) is 0. The standard InChI is InChI=1S/C28H35N9O4/c1-15(16-5-7-17(8-6-16)24-31-33-34-32-24)36-20-11-23(26(36)39)35(13-20)14-21(30-27(40)41-28(2,3)4)25(38)37-19(12-29)9-18-10-22(18)37/h5-8,15,18-23H,9-11,13-14H2,1-4H3,(H,30,40)(H,31,32,33,34)/t15-,18+,19-,20+,21-,22-,23+/m0/s1. The fraction of sp³-hybridized carbons (Fsp3) is 0.607. The highest BCUT2D eigenvalue weighted by Crippen LogP contribution is 2.48. The Morgan fingerprint density at radius 3 is 2.61 bits per heavy atom. The van der Waals surface area contributed by atoms with Crippen molar-refractivity contribution in [2.75, 3.05) is 13.1 Å². The first-order chi connectivity index (χ1) is 19.5. The summed E-state index contributed by atoms with van der Waals surface area (Å²) in [5.41, 5.74) is 1.10. The number of piperazine rings is 1. The maximum absolute atomic E-state index is 13.8. The fourth-order valence-corrected chi connectivity index (χ4v) is 6.69. The lowest BCUT2D eigenvalue weighted by Crippen LogP contribution is -2.59. The number of aromatic amines is 1. The molecule has 41 heavy (non-hydrogen) atoms. The smallest absolute Gasteiger partial charge is 0.408 e. The number of aromatic nitrogens is 4. The predicted octanol–water partition coefficient (Wildman–Crippen LogP) is 1.62. The third-order valence-electron chi connectivity index (χ3n) is 8.64. The molecule has 4 heterocycles. The van der Waals surface area contributed by atoms with Gasteiger partial charge in [-0.25, -0.2) is 4.79 Å². The molecular weight excluding hydrogens is 526 g/mol. The topological polar surface area (TPSA) is 160 Å². The fourth-order valence-electron chi connectivity index (χ4n) is 6.69. The molecule has 1 aliphatic carbocycles. The lowest BCUT2D eigenvalue weighted by Gasteiger charge is -2.39. The number of benzene rings is 1. The van der Waals surface area contributed by atoms with E-state index in [1.165, 1.54) is 0 Å². The molecule has 0 spiro atoms. The molecular formula is C28H35N9O4. The van der Waals surface area contributed by atoms with Crippen molar-refractivity contribution in [1.29, 1.82) is 5.26 Å². The quantitative estimate of drug-likeness (QED) is 0.512. The van der Waals surface area contributed by atoms with Crippen LogP contribution in [0, 0.1) is 17.2 Å². The molecule has 2 aromatic rings. The molecule has 1 saturated carbocycles. The van der Waals surface area contributed by atoms with Crippen LogP contribution in [0.5, 0.6) is 0 Å². The second-order valence-electron chi connectivity index (χ2n) is 12.5. The summed E-state index contributed by atoms with van der Waals surface area (Å²) in [6.07, 6.45) is 1.53. The zero-order valence-corrected chi connectivity index (χ0v) is 23.6. The molecule has 3 amide bonds. The molecule has 0 radical (unpaired) electrons. The number of rotatable bonds is 7. The molecule has 2 bridgehead atoms. The van der Waals surface area contributed by atoms with E-state index < -0.39 is 23.8 Å². The van der Waals surface area contributed by atoms with Crippen LogP contribution < -0.4 is 5.32 Å². The molecule has 4 fully saturated rings. The van der Waals surface area contributed by atoms with E-state index in [0.717, 1.165) is 17.5 Å². The predicted molar refractivity (Wildman–Crippen MR) is 145 cm³/mol. The Hall–Kier alpha value is -4.05. The Morgan fingerprint density at radius 2 is 1.98 bits per heavy atom. The molecule has 2 N–H and O–H groups in total. The number of likely N-dealkylation sites (tertiary alicyclic amines) is 3. The van der Waals surface area contributed by atoms with Crippen LogP contribution >= 0.6 is 0 Å². The second kappa shape index (κ2) is 10.1. The van der Waals surface area contributed by atoms with E-state index in [4.69, 9.17) is 4.74 Å². The van der Waals surface area contributed by atoms with Crippen LogP contribution in [-0.4, -0.2) is 102 Å². The zero-order valence-electron chi connectivity index (χ0n) is 23.6. The van der Waals surface area contributed by atoms with Gasteiger partial charge in [0.15, 0.2) is 0 Å². The van der Waals surface area contributed by atoms with Crippen molar-refractivity contribution in [3.63, 3.8) is 0 Å². The summed E-state index contributed by atoms with van der Waals surface area (Å²) in [6, 6.07) is 8.14. The summed E-state index contributed by atoms with van der Waals surface area (Å²) in [5, 5.41) is 26.5. The molecule has 0 unspecified atom stereocenters. The van der Waals surface area contributed by atoms with Gasteiger partial charge in [0.2, 0.25) is 17.6 Å². The monoisotopic (exact) mass is 561 g/mol. The number of alkyl carbamates (subject to hydrolysis) is 1. The number of nitrogens with zero attached hydrogens (tertiary/aromatic N) is 7. The summed E-state index contributed by atoms with van der Waals surface area (Å²) < 4.78 is 5.46. The van der Waals surface area contributed by atoms with Gasteiger partial charge in [-0.15, -0.1) is 10.2 Å². The number of ether oxygens (including phenoxy) is 1. The van der Waals surface area contributed by atoms with Gasteiger partial charge in [-0.2, -0.15) is 10.5 Å². The first-order valence-corrected chi connectivity index (χ1v) is 14.2. The molecule has 13 nitrogen and oxygen atoms in total. The Bertz CT molecular complexity index is 1370. The van der Waals surface area contributed by atoms with Gasteiger partial charge in [0.25, 0.3) is 0 Å². The minimum atomic E-state index is -0.921. The van der Waals surface area contributed by atoms with Gasteiger partial charge in [-0.3, -0.25) is 14.5 Å². The number of nitriles is 1.